The van der Waals surface area contributed by atoms with Gasteiger partial charge in [-0.1, -0.05) is 29.8 Å². The number of hydrogen-bond acceptors (Lipinski definition) is 5. The predicted octanol–water partition coefficient (Wildman–Crippen LogP) is 2.59. The van der Waals surface area contributed by atoms with Crippen molar-refractivity contribution in [3.63, 3.8) is 0 Å². The van der Waals surface area contributed by atoms with Crippen LogP contribution < -0.4 is 0 Å². The van der Waals surface area contributed by atoms with Gasteiger partial charge in [0.15, 0.2) is 5.65 Å². The van der Waals surface area contributed by atoms with E-state index in [1.54, 1.807) is 18.1 Å². The Morgan fingerprint density at radius 3 is 2.44 bits per heavy atom. The van der Waals surface area contributed by atoms with Crippen LogP contribution >= 0.6 is 0 Å². The van der Waals surface area contributed by atoms with E-state index in [1.807, 2.05) is 17.7 Å². The molecule has 0 bridgehead atoms. The Hall–Kier alpha value is -2.78. The minimum absolute atomic E-state index is 0.0594. The highest BCUT2D eigenvalue weighted by Crippen LogP contribution is 2.24. The third-order valence-electron chi connectivity index (χ3n) is 6.21. The van der Waals surface area contributed by atoms with Gasteiger partial charge in [-0.05, 0) is 38.3 Å². The number of amides is 1. The zero-order valence-corrected chi connectivity index (χ0v) is 19.8. The summed E-state index contributed by atoms with van der Waals surface area (Å²) < 4.78 is 26.9. The molecule has 1 aliphatic rings. The van der Waals surface area contributed by atoms with Crippen LogP contribution in [0.2, 0.25) is 0 Å². The fourth-order valence-corrected chi connectivity index (χ4v) is 4.96. The minimum Gasteiger partial charge on any atom is -0.339 e. The lowest BCUT2D eigenvalue weighted by molar-refractivity contribution is 0.0688. The average molecular weight is 456 g/mol. The molecule has 0 radical (unpaired) electrons. The minimum atomic E-state index is -3.24. The molecule has 1 saturated heterocycles. The van der Waals surface area contributed by atoms with Crippen molar-refractivity contribution in [1.29, 1.82) is 0 Å². The highest BCUT2D eigenvalue weighted by molar-refractivity contribution is 7.88. The summed E-state index contributed by atoms with van der Waals surface area (Å²) in [6, 6.07) is 10.0. The van der Waals surface area contributed by atoms with E-state index in [4.69, 9.17) is 0 Å². The third-order valence-corrected chi connectivity index (χ3v) is 7.55. The van der Waals surface area contributed by atoms with E-state index in [2.05, 4.69) is 41.3 Å². The summed E-state index contributed by atoms with van der Waals surface area (Å²) in [6.07, 6.45) is 4.17. The van der Waals surface area contributed by atoms with Crippen LogP contribution in [0.5, 0.6) is 0 Å². The van der Waals surface area contributed by atoms with Crippen LogP contribution in [0.4, 0.5) is 0 Å². The number of benzene rings is 1. The number of sulfonamides is 1. The van der Waals surface area contributed by atoms with Crippen LogP contribution in [0.1, 0.15) is 40.0 Å². The number of likely N-dealkylation sites (tertiary alicyclic amines) is 1. The summed E-state index contributed by atoms with van der Waals surface area (Å²) >= 11 is 0. The first-order valence-electron chi connectivity index (χ1n) is 10.7. The van der Waals surface area contributed by atoms with Crippen LogP contribution in [-0.4, -0.2) is 70.7 Å². The topological polar surface area (TPSA) is 88.4 Å². The molecule has 170 valence electrons. The number of aromatic nitrogens is 3. The van der Waals surface area contributed by atoms with Gasteiger partial charge in [-0.25, -0.2) is 22.4 Å². The number of carbonyl (C=O) groups is 1. The molecule has 1 amide bonds. The monoisotopic (exact) mass is 455 g/mol. The van der Waals surface area contributed by atoms with Crippen LogP contribution in [0, 0.1) is 13.8 Å². The van der Waals surface area contributed by atoms with Crippen LogP contribution in [0.3, 0.4) is 0 Å². The zero-order chi connectivity index (χ0) is 23.0. The number of pyridine rings is 1. The van der Waals surface area contributed by atoms with E-state index < -0.39 is 10.0 Å². The predicted molar refractivity (Wildman–Crippen MR) is 124 cm³/mol. The molecule has 3 aromatic rings. The van der Waals surface area contributed by atoms with Gasteiger partial charge in [-0.3, -0.25) is 4.79 Å². The molecule has 0 atom stereocenters. The number of carbonyl (C=O) groups excluding carboxylic acids is 1. The first-order valence-corrected chi connectivity index (χ1v) is 12.6. The van der Waals surface area contributed by atoms with Gasteiger partial charge in [-0.15, -0.1) is 0 Å². The lowest BCUT2D eigenvalue weighted by Gasteiger charge is -2.35. The fourth-order valence-electron chi connectivity index (χ4n) is 4.21. The van der Waals surface area contributed by atoms with Gasteiger partial charge >= 0.3 is 0 Å². The van der Waals surface area contributed by atoms with E-state index in [0.29, 0.717) is 43.7 Å². The molecule has 0 saturated carbocycles. The molecular formula is C23H29N5O3S. The Labute approximate surface area is 188 Å². The van der Waals surface area contributed by atoms with Crippen molar-refractivity contribution >= 4 is 27.0 Å². The second-order valence-electron chi connectivity index (χ2n) is 8.64. The zero-order valence-electron chi connectivity index (χ0n) is 18.9. The standard InChI is InChI=1S/C23H29N5O3S/c1-16-5-7-18(8-6-16)15-28-22-21(14-24-28)20(13-17(2)25-22)23(29)27-11-9-19(10-12-27)26(3)32(4,30)31/h5-8,13-14,19H,9-12,15H2,1-4H3. The SMILES string of the molecule is Cc1ccc(Cn2ncc3c(C(=O)N4CCC(N(C)S(C)(=O)=O)CC4)cc(C)nc32)cc1. The Bertz CT molecular complexity index is 1240. The molecule has 8 nitrogen and oxygen atoms in total. The highest BCUT2D eigenvalue weighted by Gasteiger charge is 2.30. The Morgan fingerprint density at radius 2 is 1.81 bits per heavy atom. The maximum Gasteiger partial charge on any atom is 0.254 e. The molecule has 9 heteroatoms. The van der Waals surface area contributed by atoms with Gasteiger partial charge in [-0.2, -0.15) is 5.10 Å². The molecule has 4 rings (SSSR count). The van der Waals surface area contributed by atoms with Crippen molar-refractivity contribution < 1.29 is 13.2 Å². The van der Waals surface area contributed by atoms with E-state index in [0.717, 1.165) is 16.6 Å². The second-order valence-corrected chi connectivity index (χ2v) is 10.7. The summed E-state index contributed by atoms with van der Waals surface area (Å²) in [5.74, 6) is -0.0594. The Balaban J connectivity index is 1.56. The molecule has 0 aliphatic carbocycles. The van der Waals surface area contributed by atoms with Crippen molar-refractivity contribution in [3.8, 4) is 0 Å². The van der Waals surface area contributed by atoms with Gasteiger partial charge in [0.05, 0.1) is 29.9 Å². The fraction of sp³-hybridized carbons (Fsp3) is 0.435. The normalized spacial score (nSPS) is 15.6. The van der Waals surface area contributed by atoms with Crippen molar-refractivity contribution in [1.82, 2.24) is 24.0 Å². The number of hydrogen-bond donors (Lipinski definition) is 0. The van der Waals surface area contributed by atoms with Crippen LogP contribution in [0.15, 0.2) is 36.5 Å². The molecule has 0 spiro atoms. The molecule has 0 unspecified atom stereocenters. The number of fused-ring (bicyclic) bond motifs is 1. The van der Waals surface area contributed by atoms with Crippen molar-refractivity contribution in [2.75, 3.05) is 26.4 Å². The maximum absolute atomic E-state index is 13.4. The lowest BCUT2D eigenvalue weighted by atomic mass is 10.0. The molecule has 1 aromatic carbocycles. The molecule has 2 aromatic heterocycles. The van der Waals surface area contributed by atoms with E-state index in [-0.39, 0.29) is 11.9 Å². The number of rotatable bonds is 5. The van der Waals surface area contributed by atoms with Gasteiger partial charge in [0.25, 0.3) is 5.91 Å². The Kier molecular flexibility index (Phi) is 6.05. The summed E-state index contributed by atoms with van der Waals surface area (Å²) in [4.78, 5) is 19.8. The van der Waals surface area contributed by atoms with E-state index >= 15 is 0 Å². The van der Waals surface area contributed by atoms with E-state index in [1.165, 1.54) is 16.1 Å². The Morgan fingerprint density at radius 1 is 1.16 bits per heavy atom. The highest BCUT2D eigenvalue weighted by atomic mass is 32.2. The number of piperidine rings is 1. The lowest BCUT2D eigenvalue weighted by Crippen LogP contribution is -2.47. The third kappa shape index (κ3) is 4.54. The van der Waals surface area contributed by atoms with Crippen LogP contribution in [0.25, 0.3) is 11.0 Å². The quantitative estimate of drug-likeness (QED) is 0.590. The summed E-state index contributed by atoms with van der Waals surface area (Å²) in [5.41, 5.74) is 4.37. The molecule has 1 aliphatic heterocycles. The summed E-state index contributed by atoms with van der Waals surface area (Å²) in [7, 11) is -1.63. The molecule has 32 heavy (non-hydrogen) atoms. The van der Waals surface area contributed by atoms with Crippen molar-refractivity contribution in [3.05, 3.63) is 58.9 Å². The molecule has 0 N–H and O–H groups in total. The molecule has 1 fully saturated rings. The van der Waals surface area contributed by atoms with Crippen molar-refractivity contribution in [2.24, 2.45) is 0 Å². The maximum atomic E-state index is 13.4. The second kappa shape index (κ2) is 8.63. The van der Waals surface area contributed by atoms with E-state index in [9.17, 15) is 13.2 Å². The van der Waals surface area contributed by atoms with Gasteiger partial charge in [0.2, 0.25) is 10.0 Å². The number of aryl methyl sites for hydroxylation is 2. The first kappa shape index (κ1) is 22.4. The van der Waals surface area contributed by atoms with Gasteiger partial charge in [0.1, 0.15) is 0 Å². The smallest absolute Gasteiger partial charge is 0.254 e. The molecular weight excluding hydrogens is 426 g/mol. The van der Waals surface area contributed by atoms with Crippen LogP contribution in [-0.2, 0) is 16.6 Å². The van der Waals surface area contributed by atoms with Gasteiger partial charge in [0, 0.05) is 31.9 Å². The summed E-state index contributed by atoms with van der Waals surface area (Å²) in [5, 5.41) is 5.25. The van der Waals surface area contributed by atoms with Crippen molar-refractivity contribution in [2.45, 2.75) is 39.3 Å². The largest absolute Gasteiger partial charge is 0.339 e. The van der Waals surface area contributed by atoms with Gasteiger partial charge < -0.3 is 4.90 Å². The average Bonchev–Trinajstić information content (AvgIpc) is 3.15. The summed E-state index contributed by atoms with van der Waals surface area (Å²) in [6.45, 7) is 5.55. The number of nitrogens with zero attached hydrogens (tertiary/aromatic N) is 5. The first-order chi connectivity index (χ1) is 15.1. The molecule has 3 heterocycles.